The van der Waals surface area contributed by atoms with Gasteiger partial charge in [-0.1, -0.05) is 12.2 Å². The minimum Gasteiger partial charge on any atom is -0.268 e. The lowest BCUT2D eigenvalue weighted by molar-refractivity contribution is -0.174. The molecule has 1 heterocycles. The Bertz CT molecular complexity index is 232. The summed E-state index contributed by atoms with van der Waals surface area (Å²) in [6.07, 6.45) is 1.84. The van der Waals surface area contributed by atoms with Crippen LogP contribution in [0.3, 0.4) is 0 Å². The average Bonchev–Trinajstić information content (AvgIpc) is 2.12. The van der Waals surface area contributed by atoms with Crippen molar-refractivity contribution in [1.82, 2.24) is 0 Å². The van der Waals surface area contributed by atoms with Crippen LogP contribution >= 0.6 is 0 Å². The first kappa shape index (κ1) is 9.03. The van der Waals surface area contributed by atoms with Crippen LogP contribution in [0.25, 0.3) is 0 Å². The zero-order valence-corrected chi connectivity index (χ0v) is 6.47. The quantitative estimate of drug-likeness (QED) is 0.536. The molecule has 0 aliphatic carbocycles. The lowest BCUT2D eigenvalue weighted by atomic mass is 9.91. The average molecular weight is 175 g/mol. The van der Waals surface area contributed by atoms with Crippen LogP contribution in [-0.4, -0.2) is 12.4 Å². The summed E-state index contributed by atoms with van der Waals surface area (Å²) < 4.78 is 37.0. The van der Waals surface area contributed by atoms with Crippen molar-refractivity contribution in [3.05, 3.63) is 24.4 Å². The van der Waals surface area contributed by atoms with Gasteiger partial charge in [-0.15, -0.1) is 0 Å². The van der Waals surface area contributed by atoms with E-state index in [0.29, 0.717) is 0 Å². The first-order chi connectivity index (χ1) is 5.46. The van der Waals surface area contributed by atoms with Crippen LogP contribution in [0.5, 0.6) is 0 Å². The predicted octanol–water partition coefficient (Wildman–Crippen LogP) is 2.71. The molecule has 0 radical (unpaired) electrons. The highest BCUT2D eigenvalue weighted by Crippen LogP contribution is 2.38. The van der Waals surface area contributed by atoms with Gasteiger partial charge in [0.05, 0.1) is 0 Å². The van der Waals surface area contributed by atoms with Crippen molar-refractivity contribution in [2.24, 2.45) is 10.4 Å². The summed E-state index contributed by atoms with van der Waals surface area (Å²) >= 11 is 0. The van der Waals surface area contributed by atoms with Gasteiger partial charge in [-0.2, -0.15) is 13.2 Å². The molecule has 0 aromatic heterocycles. The van der Waals surface area contributed by atoms with Crippen LogP contribution in [-0.2, 0) is 0 Å². The van der Waals surface area contributed by atoms with E-state index in [2.05, 4.69) is 4.99 Å². The third kappa shape index (κ3) is 1.57. The summed E-state index contributed by atoms with van der Waals surface area (Å²) in [6, 6.07) is 0. The molecule has 12 heavy (non-hydrogen) atoms. The lowest BCUT2D eigenvalue weighted by Crippen LogP contribution is -2.34. The Morgan fingerprint density at radius 3 is 2.50 bits per heavy atom. The molecule has 0 spiro atoms. The fraction of sp³-hybridized carbons (Fsp3) is 0.375. The van der Waals surface area contributed by atoms with Crippen molar-refractivity contribution in [3.8, 4) is 0 Å². The Kier molecular flexibility index (Phi) is 2.08. The maximum Gasteiger partial charge on any atom is 0.402 e. The molecule has 1 aliphatic rings. The number of aliphatic imine (C=N–C) groups is 1. The van der Waals surface area contributed by atoms with E-state index >= 15 is 0 Å². The van der Waals surface area contributed by atoms with E-state index < -0.39 is 11.6 Å². The number of allylic oxidation sites excluding steroid dienone is 3. The third-order valence-electron chi connectivity index (χ3n) is 1.68. The highest BCUT2D eigenvalue weighted by Gasteiger charge is 2.48. The summed E-state index contributed by atoms with van der Waals surface area (Å²) in [4.78, 5) is 3.50. The summed E-state index contributed by atoms with van der Waals surface area (Å²) in [6.45, 7) is 1.08. The molecule has 1 unspecified atom stereocenters. The van der Waals surface area contributed by atoms with Gasteiger partial charge in [0.2, 0.25) is 0 Å². The Morgan fingerprint density at radius 2 is 1.92 bits per heavy atom. The number of hydrogen-bond donors (Lipinski definition) is 0. The summed E-state index contributed by atoms with van der Waals surface area (Å²) in [7, 11) is 0. The maximum atomic E-state index is 12.3. The van der Waals surface area contributed by atoms with Crippen molar-refractivity contribution in [2.75, 3.05) is 0 Å². The minimum atomic E-state index is -4.28. The zero-order valence-electron chi connectivity index (χ0n) is 6.47. The zero-order chi connectivity index (χ0) is 9.24. The molecule has 0 amide bonds. The van der Waals surface area contributed by atoms with Crippen LogP contribution in [0.4, 0.5) is 13.2 Å². The molecular weight excluding hydrogens is 167 g/mol. The van der Waals surface area contributed by atoms with Crippen molar-refractivity contribution in [1.29, 1.82) is 0 Å². The molecule has 0 aromatic carbocycles. The van der Waals surface area contributed by atoms with Crippen molar-refractivity contribution in [2.45, 2.75) is 13.1 Å². The first-order valence-corrected chi connectivity index (χ1v) is 3.41. The second kappa shape index (κ2) is 2.77. The fourth-order valence-electron chi connectivity index (χ4n) is 0.763. The molecule has 0 saturated heterocycles. The smallest absolute Gasteiger partial charge is 0.268 e. The van der Waals surface area contributed by atoms with Crippen LogP contribution in [0, 0.1) is 5.41 Å². The van der Waals surface area contributed by atoms with Gasteiger partial charge in [0, 0.05) is 12.4 Å². The van der Waals surface area contributed by atoms with Gasteiger partial charge >= 0.3 is 6.18 Å². The molecule has 1 rings (SSSR count). The van der Waals surface area contributed by atoms with Crippen molar-refractivity contribution >= 4 is 6.21 Å². The largest absolute Gasteiger partial charge is 0.402 e. The van der Waals surface area contributed by atoms with Crippen molar-refractivity contribution < 1.29 is 13.2 Å². The Labute approximate surface area is 68.3 Å². The van der Waals surface area contributed by atoms with Gasteiger partial charge in [0.1, 0.15) is 5.41 Å². The van der Waals surface area contributed by atoms with Gasteiger partial charge in [0.15, 0.2) is 0 Å². The molecule has 1 atom stereocenters. The van der Waals surface area contributed by atoms with E-state index in [1.807, 2.05) is 0 Å². The van der Waals surface area contributed by atoms with Crippen LogP contribution in [0.15, 0.2) is 29.4 Å². The molecule has 1 aliphatic heterocycles. The minimum absolute atomic E-state index is 0.896. The molecule has 0 N–H and O–H groups in total. The number of nitrogens with zero attached hydrogens (tertiary/aromatic N) is 1. The standard InChI is InChI=1S/C8H8F3N/c1-7(8(9,10)11)4-2-3-5-12-6-7/h2-6H,1H3. The third-order valence-corrected chi connectivity index (χ3v) is 1.68. The fourth-order valence-corrected chi connectivity index (χ4v) is 0.763. The van der Waals surface area contributed by atoms with Gasteiger partial charge in [0.25, 0.3) is 0 Å². The van der Waals surface area contributed by atoms with Crippen LogP contribution in [0.2, 0.25) is 0 Å². The molecule has 0 aromatic rings. The van der Waals surface area contributed by atoms with Crippen molar-refractivity contribution in [3.63, 3.8) is 0 Å². The topological polar surface area (TPSA) is 12.4 Å². The van der Waals surface area contributed by atoms with Gasteiger partial charge in [-0.25, -0.2) is 0 Å². The van der Waals surface area contributed by atoms with E-state index in [4.69, 9.17) is 0 Å². The summed E-state index contributed by atoms with van der Waals surface area (Å²) in [5.74, 6) is 0. The molecule has 1 nitrogen and oxygen atoms in total. The normalized spacial score (nSPS) is 29.0. The van der Waals surface area contributed by atoms with Crippen LogP contribution < -0.4 is 0 Å². The number of halogens is 3. The van der Waals surface area contributed by atoms with Gasteiger partial charge < -0.3 is 0 Å². The second-order valence-corrected chi connectivity index (χ2v) is 2.76. The molecule has 66 valence electrons. The first-order valence-electron chi connectivity index (χ1n) is 3.41. The molecular formula is C8H8F3N. The second-order valence-electron chi connectivity index (χ2n) is 2.76. The van der Waals surface area contributed by atoms with E-state index in [9.17, 15) is 13.2 Å². The Balaban J connectivity index is 2.99. The molecule has 0 bridgehead atoms. The highest BCUT2D eigenvalue weighted by molar-refractivity contribution is 5.70. The predicted molar refractivity (Wildman–Crippen MR) is 40.9 cm³/mol. The summed E-state index contributed by atoms with van der Waals surface area (Å²) in [5.41, 5.74) is -1.93. The monoisotopic (exact) mass is 175 g/mol. The lowest BCUT2D eigenvalue weighted by Gasteiger charge is -2.23. The SMILES string of the molecule is CC1(C(F)(F)F)C=CC=CN=C1. The van der Waals surface area contributed by atoms with Crippen LogP contribution in [0.1, 0.15) is 6.92 Å². The number of alkyl halides is 3. The van der Waals surface area contributed by atoms with E-state index in [1.165, 1.54) is 18.4 Å². The number of rotatable bonds is 0. The molecule has 0 fully saturated rings. The molecule has 4 heteroatoms. The van der Waals surface area contributed by atoms with E-state index in [1.54, 1.807) is 0 Å². The Morgan fingerprint density at radius 1 is 1.25 bits per heavy atom. The summed E-state index contributed by atoms with van der Waals surface area (Å²) in [5, 5.41) is 0. The molecule has 0 saturated carbocycles. The number of hydrogen-bond acceptors (Lipinski definition) is 1. The van der Waals surface area contributed by atoms with Gasteiger partial charge in [-0.05, 0) is 13.0 Å². The maximum absolute atomic E-state index is 12.3. The highest BCUT2D eigenvalue weighted by atomic mass is 19.4. The van der Waals surface area contributed by atoms with E-state index in [0.717, 1.165) is 19.2 Å². The van der Waals surface area contributed by atoms with Gasteiger partial charge in [-0.3, -0.25) is 4.99 Å². The van der Waals surface area contributed by atoms with E-state index in [-0.39, 0.29) is 0 Å². The Hall–Kier alpha value is -1.06.